The summed E-state index contributed by atoms with van der Waals surface area (Å²) in [4.78, 5) is 25.4. The molecule has 1 rings (SSSR count). The van der Waals surface area contributed by atoms with E-state index in [1.165, 1.54) is 18.3 Å². The molecular formula is C10H14N4O3. The van der Waals surface area contributed by atoms with E-state index in [1.807, 2.05) is 6.92 Å². The van der Waals surface area contributed by atoms with Gasteiger partial charge in [0.1, 0.15) is 11.9 Å². The van der Waals surface area contributed by atoms with E-state index in [-0.39, 0.29) is 11.6 Å². The van der Waals surface area contributed by atoms with Gasteiger partial charge in [0.2, 0.25) is 5.91 Å². The number of hydrogen-bond acceptors (Lipinski definition) is 5. The first-order chi connectivity index (χ1) is 8.04. The van der Waals surface area contributed by atoms with Crippen molar-refractivity contribution in [2.45, 2.75) is 19.9 Å². The minimum Gasteiger partial charge on any atom is -0.358 e. The van der Waals surface area contributed by atoms with Gasteiger partial charge >= 0.3 is 0 Å². The summed E-state index contributed by atoms with van der Waals surface area (Å²) < 4.78 is 0. The lowest BCUT2D eigenvalue weighted by atomic mass is 10.3. The molecule has 0 spiro atoms. The predicted octanol–water partition coefficient (Wildman–Crippen LogP) is 0.926. The van der Waals surface area contributed by atoms with Crippen molar-refractivity contribution in [2.75, 3.05) is 11.9 Å². The molecule has 1 aromatic heterocycles. The van der Waals surface area contributed by atoms with Gasteiger partial charge in [-0.15, -0.1) is 0 Å². The number of carbonyl (C=O) groups excluding carboxylic acids is 1. The van der Waals surface area contributed by atoms with Crippen molar-refractivity contribution < 1.29 is 9.72 Å². The van der Waals surface area contributed by atoms with E-state index in [9.17, 15) is 14.9 Å². The average Bonchev–Trinajstić information content (AvgIpc) is 2.29. The summed E-state index contributed by atoms with van der Waals surface area (Å²) in [5.41, 5.74) is -0.0643. The Bertz CT molecular complexity index is 422. The second-order valence-electron chi connectivity index (χ2n) is 3.42. The van der Waals surface area contributed by atoms with Crippen LogP contribution in [-0.4, -0.2) is 28.4 Å². The lowest BCUT2D eigenvalue weighted by Crippen LogP contribution is -2.37. The third-order valence-electron chi connectivity index (χ3n) is 2.06. The van der Waals surface area contributed by atoms with Crippen LogP contribution in [0.4, 0.5) is 11.5 Å². The van der Waals surface area contributed by atoms with Gasteiger partial charge in [0, 0.05) is 18.8 Å². The molecule has 1 amide bonds. The van der Waals surface area contributed by atoms with Crippen molar-refractivity contribution in [3.63, 3.8) is 0 Å². The van der Waals surface area contributed by atoms with Gasteiger partial charge in [0.05, 0.1) is 11.0 Å². The fourth-order valence-corrected chi connectivity index (χ4v) is 1.23. The highest BCUT2D eigenvalue weighted by Gasteiger charge is 2.13. The Kier molecular flexibility index (Phi) is 4.38. The zero-order chi connectivity index (χ0) is 12.8. The third-order valence-corrected chi connectivity index (χ3v) is 2.06. The lowest BCUT2D eigenvalue weighted by Gasteiger charge is -2.13. The van der Waals surface area contributed by atoms with E-state index in [0.717, 1.165) is 0 Å². The van der Waals surface area contributed by atoms with E-state index in [2.05, 4.69) is 15.6 Å². The number of rotatable bonds is 5. The molecule has 0 aromatic carbocycles. The van der Waals surface area contributed by atoms with Gasteiger partial charge in [-0.3, -0.25) is 14.9 Å². The van der Waals surface area contributed by atoms with Crippen molar-refractivity contribution in [2.24, 2.45) is 0 Å². The molecule has 2 N–H and O–H groups in total. The van der Waals surface area contributed by atoms with Crippen molar-refractivity contribution in [3.8, 4) is 0 Å². The smallest absolute Gasteiger partial charge is 0.274 e. The van der Waals surface area contributed by atoms with Crippen LogP contribution in [0.15, 0.2) is 18.3 Å². The second-order valence-corrected chi connectivity index (χ2v) is 3.42. The van der Waals surface area contributed by atoms with Gasteiger partial charge in [0.25, 0.3) is 5.69 Å². The molecule has 92 valence electrons. The van der Waals surface area contributed by atoms with Gasteiger partial charge in [0.15, 0.2) is 0 Å². The third kappa shape index (κ3) is 3.71. The number of nitrogens with one attached hydrogen (secondary N) is 2. The summed E-state index contributed by atoms with van der Waals surface area (Å²) in [7, 11) is 0. The molecule has 1 heterocycles. The first kappa shape index (κ1) is 12.9. The van der Waals surface area contributed by atoms with Crippen molar-refractivity contribution in [1.29, 1.82) is 0 Å². The first-order valence-corrected chi connectivity index (χ1v) is 5.19. The molecule has 0 aliphatic carbocycles. The van der Waals surface area contributed by atoms with Crippen LogP contribution < -0.4 is 10.6 Å². The standard InChI is InChI=1S/C10H14N4O3/c1-3-11-10(15)7(2)13-9-6-8(14(16)17)4-5-12-9/h4-7H,3H2,1-2H3,(H,11,15)(H,12,13). The van der Waals surface area contributed by atoms with Crippen LogP contribution in [0.1, 0.15) is 13.8 Å². The maximum absolute atomic E-state index is 11.4. The number of pyridine rings is 1. The predicted molar refractivity (Wildman–Crippen MR) is 62.7 cm³/mol. The molecule has 17 heavy (non-hydrogen) atoms. The van der Waals surface area contributed by atoms with Gasteiger partial charge in [-0.25, -0.2) is 4.98 Å². The molecule has 7 nitrogen and oxygen atoms in total. The highest BCUT2D eigenvalue weighted by molar-refractivity contribution is 5.83. The van der Waals surface area contributed by atoms with E-state index in [0.29, 0.717) is 12.4 Å². The quantitative estimate of drug-likeness (QED) is 0.587. The molecule has 1 aromatic rings. The molecule has 0 bridgehead atoms. The Balaban J connectivity index is 2.71. The molecule has 1 atom stereocenters. The summed E-state index contributed by atoms with van der Waals surface area (Å²) in [6.07, 6.45) is 1.32. The van der Waals surface area contributed by atoms with Crippen LogP contribution >= 0.6 is 0 Å². The van der Waals surface area contributed by atoms with E-state index < -0.39 is 11.0 Å². The Morgan fingerprint density at radius 1 is 1.65 bits per heavy atom. The van der Waals surface area contributed by atoms with Crippen LogP contribution in [0.2, 0.25) is 0 Å². The van der Waals surface area contributed by atoms with Crippen LogP contribution in [0.25, 0.3) is 0 Å². The number of carbonyl (C=O) groups is 1. The maximum atomic E-state index is 11.4. The summed E-state index contributed by atoms with van der Waals surface area (Å²) >= 11 is 0. The number of anilines is 1. The van der Waals surface area contributed by atoms with Crippen LogP contribution in [0, 0.1) is 10.1 Å². The van der Waals surface area contributed by atoms with Gasteiger partial charge < -0.3 is 10.6 Å². The lowest BCUT2D eigenvalue weighted by molar-refractivity contribution is -0.384. The Morgan fingerprint density at radius 3 is 2.94 bits per heavy atom. The zero-order valence-electron chi connectivity index (χ0n) is 9.64. The van der Waals surface area contributed by atoms with Crippen LogP contribution in [0.5, 0.6) is 0 Å². The Labute approximate surface area is 98.4 Å². The van der Waals surface area contributed by atoms with Gasteiger partial charge in [-0.2, -0.15) is 0 Å². The molecular weight excluding hydrogens is 224 g/mol. The number of amides is 1. The average molecular weight is 238 g/mol. The molecule has 0 aliphatic rings. The van der Waals surface area contributed by atoms with Gasteiger partial charge in [-0.05, 0) is 13.8 Å². The summed E-state index contributed by atoms with van der Waals surface area (Å²) in [5.74, 6) is 0.124. The summed E-state index contributed by atoms with van der Waals surface area (Å²) in [5, 5.41) is 16.0. The molecule has 0 radical (unpaired) electrons. The number of aromatic nitrogens is 1. The molecule has 0 saturated carbocycles. The second kappa shape index (κ2) is 5.78. The van der Waals surface area contributed by atoms with Crippen molar-refractivity contribution >= 4 is 17.4 Å². The van der Waals surface area contributed by atoms with Crippen molar-refractivity contribution in [3.05, 3.63) is 28.4 Å². The number of nitrogens with zero attached hydrogens (tertiary/aromatic N) is 2. The minimum absolute atomic E-state index is 0.0643. The number of likely N-dealkylation sites (N-methyl/N-ethyl adjacent to an activating group) is 1. The van der Waals surface area contributed by atoms with Crippen molar-refractivity contribution in [1.82, 2.24) is 10.3 Å². The highest BCUT2D eigenvalue weighted by Crippen LogP contribution is 2.14. The van der Waals surface area contributed by atoms with E-state index in [1.54, 1.807) is 6.92 Å². The first-order valence-electron chi connectivity index (χ1n) is 5.19. The zero-order valence-corrected chi connectivity index (χ0v) is 9.64. The summed E-state index contributed by atoms with van der Waals surface area (Å²) in [6, 6.07) is 2.09. The molecule has 0 saturated heterocycles. The summed E-state index contributed by atoms with van der Waals surface area (Å²) in [6.45, 7) is 4.01. The highest BCUT2D eigenvalue weighted by atomic mass is 16.6. The Hall–Kier alpha value is -2.18. The normalized spacial score (nSPS) is 11.6. The monoisotopic (exact) mass is 238 g/mol. The SMILES string of the molecule is CCNC(=O)C(C)Nc1cc([N+](=O)[O-])ccn1. The minimum atomic E-state index is -0.510. The van der Waals surface area contributed by atoms with E-state index in [4.69, 9.17) is 0 Å². The van der Waals surface area contributed by atoms with Gasteiger partial charge in [-0.1, -0.05) is 0 Å². The number of nitro groups is 1. The van der Waals surface area contributed by atoms with Crippen LogP contribution in [0.3, 0.4) is 0 Å². The number of hydrogen-bond donors (Lipinski definition) is 2. The molecule has 0 fully saturated rings. The Morgan fingerprint density at radius 2 is 2.35 bits per heavy atom. The topological polar surface area (TPSA) is 97.2 Å². The fourth-order valence-electron chi connectivity index (χ4n) is 1.23. The molecule has 7 heteroatoms. The fraction of sp³-hybridized carbons (Fsp3) is 0.400. The molecule has 1 unspecified atom stereocenters. The maximum Gasteiger partial charge on any atom is 0.274 e. The van der Waals surface area contributed by atoms with E-state index >= 15 is 0 Å². The van der Waals surface area contributed by atoms with Crippen LogP contribution in [-0.2, 0) is 4.79 Å². The largest absolute Gasteiger partial charge is 0.358 e. The molecule has 0 aliphatic heterocycles.